The van der Waals surface area contributed by atoms with Gasteiger partial charge in [0.15, 0.2) is 0 Å². The number of aromatic nitrogens is 1. The summed E-state index contributed by atoms with van der Waals surface area (Å²) < 4.78 is 0.975. The first-order valence-electron chi connectivity index (χ1n) is 4.45. The molecule has 0 saturated carbocycles. The van der Waals surface area contributed by atoms with Crippen LogP contribution in [0.1, 0.15) is 25.5 Å². The number of alkyl halides is 1. The molecule has 0 aliphatic rings. The van der Waals surface area contributed by atoms with E-state index in [4.69, 9.17) is 0 Å². The Labute approximate surface area is 93.3 Å². The zero-order chi connectivity index (χ0) is 9.68. The Morgan fingerprint density at radius 2 is 2.00 bits per heavy atom. The van der Waals surface area contributed by atoms with E-state index in [1.807, 2.05) is 12.4 Å². The van der Waals surface area contributed by atoms with Gasteiger partial charge in [-0.2, -0.15) is 0 Å². The van der Waals surface area contributed by atoms with Crippen molar-refractivity contribution >= 4 is 22.6 Å². The molecule has 1 N–H and O–H groups in total. The maximum atomic E-state index is 4.02. The van der Waals surface area contributed by atoms with Crippen molar-refractivity contribution in [2.24, 2.45) is 5.92 Å². The maximum absolute atomic E-state index is 4.02. The molecule has 1 aromatic rings. The molecule has 0 amide bonds. The Hall–Kier alpha value is -0.160. The molecule has 1 atom stereocenters. The number of hydrogen-bond acceptors (Lipinski definition) is 2. The zero-order valence-electron chi connectivity index (χ0n) is 8.00. The third kappa shape index (κ3) is 3.23. The Balaban J connectivity index is 2.76. The van der Waals surface area contributed by atoms with Crippen LogP contribution in [0.2, 0.25) is 0 Å². The van der Waals surface area contributed by atoms with E-state index in [-0.39, 0.29) is 0 Å². The van der Waals surface area contributed by atoms with E-state index >= 15 is 0 Å². The van der Waals surface area contributed by atoms with Crippen LogP contribution in [0.4, 0.5) is 0 Å². The second kappa shape index (κ2) is 5.54. The molecule has 0 saturated heterocycles. The van der Waals surface area contributed by atoms with Crippen LogP contribution in [0.25, 0.3) is 0 Å². The van der Waals surface area contributed by atoms with Gasteiger partial charge in [0.2, 0.25) is 0 Å². The summed E-state index contributed by atoms with van der Waals surface area (Å²) in [4.78, 5) is 4.02. The fourth-order valence-electron chi connectivity index (χ4n) is 1.39. The standard InChI is InChI=1S/C10H15IN2/c1-8(2)10(13-7-11)9-3-5-12-6-4-9/h3-6,8,10,13H,7H2,1-2H3. The monoisotopic (exact) mass is 290 g/mol. The minimum Gasteiger partial charge on any atom is -0.301 e. The average molecular weight is 290 g/mol. The van der Waals surface area contributed by atoms with Crippen LogP contribution in [-0.2, 0) is 0 Å². The molecule has 72 valence electrons. The summed E-state index contributed by atoms with van der Waals surface area (Å²) in [5.41, 5.74) is 1.32. The average Bonchev–Trinajstić information content (AvgIpc) is 2.15. The van der Waals surface area contributed by atoms with Crippen molar-refractivity contribution < 1.29 is 0 Å². The van der Waals surface area contributed by atoms with Crippen LogP contribution in [0.15, 0.2) is 24.5 Å². The fourth-order valence-corrected chi connectivity index (χ4v) is 1.87. The Kier molecular flexibility index (Phi) is 4.66. The van der Waals surface area contributed by atoms with Gasteiger partial charge >= 0.3 is 0 Å². The van der Waals surface area contributed by atoms with Crippen molar-refractivity contribution in [3.8, 4) is 0 Å². The highest BCUT2D eigenvalue weighted by atomic mass is 127. The number of nitrogens with zero attached hydrogens (tertiary/aromatic N) is 1. The van der Waals surface area contributed by atoms with E-state index in [1.54, 1.807) is 0 Å². The predicted molar refractivity (Wildman–Crippen MR) is 63.8 cm³/mol. The summed E-state index contributed by atoms with van der Waals surface area (Å²) in [6.07, 6.45) is 3.69. The molecule has 1 heterocycles. The molecule has 1 rings (SSSR count). The topological polar surface area (TPSA) is 24.9 Å². The van der Waals surface area contributed by atoms with E-state index in [2.05, 4.69) is 58.9 Å². The molecule has 1 aromatic heterocycles. The summed E-state index contributed by atoms with van der Waals surface area (Å²) in [6, 6.07) is 4.59. The maximum Gasteiger partial charge on any atom is 0.0484 e. The number of nitrogens with one attached hydrogen (secondary N) is 1. The lowest BCUT2D eigenvalue weighted by atomic mass is 9.97. The third-order valence-corrected chi connectivity index (χ3v) is 2.47. The Morgan fingerprint density at radius 1 is 1.38 bits per heavy atom. The van der Waals surface area contributed by atoms with Gasteiger partial charge in [0, 0.05) is 23.0 Å². The van der Waals surface area contributed by atoms with Gasteiger partial charge in [-0.3, -0.25) is 4.98 Å². The number of rotatable bonds is 4. The van der Waals surface area contributed by atoms with Crippen LogP contribution in [-0.4, -0.2) is 9.54 Å². The van der Waals surface area contributed by atoms with Gasteiger partial charge in [0.05, 0.1) is 0 Å². The van der Waals surface area contributed by atoms with Crippen molar-refractivity contribution in [2.75, 3.05) is 4.55 Å². The molecule has 0 bridgehead atoms. The van der Waals surface area contributed by atoms with Gasteiger partial charge in [-0.1, -0.05) is 36.4 Å². The van der Waals surface area contributed by atoms with Crippen LogP contribution in [0.3, 0.4) is 0 Å². The van der Waals surface area contributed by atoms with Crippen molar-refractivity contribution in [3.63, 3.8) is 0 Å². The molecule has 0 fully saturated rings. The molecule has 0 aliphatic heterocycles. The molecule has 1 unspecified atom stereocenters. The SMILES string of the molecule is CC(C)C(NCI)c1ccncc1. The molecular formula is C10H15IN2. The number of halogens is 1. The van der Waals surface area contributed by atoms with Gasteiger partial charge in [-0.25, -0.2) is 0 Å². The number of pyridine rings is 1. The van der Waals surface area contributed by atoms with E-state index < -0.39 is 0 Å². The van der Waals surface area contributed by atoms with Crippen LogP contribution in [0, 0.1) is 5.92 Å². The molecule has 0 aromatic carbocycles. The molecule has 0 radical (unpaired) electrons. The first-order chi connectivity index (χ1) is 6.25. The van der Waals surface area contributed by atoms with E-state index in [1.165, 1.54) is 5.56 Å². The molecule has 0 spiro atoms. The van der Waals surface area contributed by atoms with Crippen molar-refractivity contribution in [2.45, 2.75) is 19.9 Å². The summed E-state index contributed by atoms with van der Waals surface area (Å²) in [6.45, 7) is 4.45. The smallest absolute Gasteiger partial charge is 0.0484 e. The second-order valence-electron chi connectivity index (χ2n) is 3.34. The molecule has 13 heavy (non-hydrogen) atoms. The molecule has 2 nitrogen and oxygen atoms in total. The second-order valence-corrected chi connectivity index (χ2v) is 4.10. The van der Waals surface area contributed by atoms with Gasteiger partial charge in [-0.05, 0) is 23.6 Å². The predicted octanol–water partition coefficient (Wildman–Crippen LogP) is 2.76. The quantitative estimate of drug-likeness (QED) is 0.524. The normalized spacial score (nSPS) is 13.2. The van der Waals surface area contributed by atoms with Gasteiger partial charge in [0.1, 0.15) is 0 Å². The largest absolute Gasteiger partial charge is 0.301 e. The molecule has 0 aliphatic carbocycles. The highest BCUT2D eigenvalue weighted by Gasteiger charge is 2.13. The van der Waals surface area contributed by atoms with E-state index in [0.717, 1.165) is 4.55 Å². The van der Waals surface area contributed by atoms with E-state index in [9.17, 15) is 0 Å². The minimum atomic E-state index is 0.444. The summed E-state index contributed by atoms with van der Waals surface area (Å²) in [7, 11) is 0. The lowest BCUT2D eigenvalue weighted by Gasteiger charge is -2.21. The summed E-state index contributed by atoms with van der Waals surface area (Å²) in [5.74, 6) is 0.608. The Morgan fingerprint density at radius 3 is 2.46 bits per heavy atom. The molecule has 3 heteroatoms. The van der Waals surface area contributed by atoms with E-state index in [0.29, 0.717) is 12.0 Å². The minimum absolute atomic E-state index is 0.444. The lowest BCUT2D eigenvalue weighted by molar-refractivity contribution is 0.440. The highest BCUT2D eigenvalue weighted by molar-refractivity contribution is 14.1. The first kappa shape index (κ1) is 10.9. The van der Waals surface area contributed by atoms with Gasteiger partial charge in [-0.15, -0.1) is 0 Å². The fraction of sp³-hybridized carbons (Fsp3) is 0.500. The summed E-state index contributed by atoms with van der Waals surface area (Å²) in [5, 5.41) is 3.46. The third-order valence-electron chi connectivity index (χ3n) is 2.03. The zero-order valence-corrected chi connectivity index (χ0v) is 10.2. The van der Waals surface area contributed by atoms with Crippen molar-refractivity contribution in [1.29, 1.82) is 0 Å². The Bertz CT molecular complexity index is 236. The lowest BCUT2D eigenvalue weighted by Crippen LogP contribution is -2.24. The highest BCUT2D eigenvalue weighted by Crippen LogP contribution is 2.20. The molecular weight excluding hydrogens is 275 g/mol. The van der Waals surface area contributed by atoms with Crippen LogP contribution < -0.4 is 5.32 Å². The first-order valence-corrected chi connectivity index (χ1v) is 5.97. The van der Waals surface area contributed by atoms with Crippen LogP contribution >= 0.6 is 22.6 Å². The van der Waals surface area contributed by atoms with Crippen molar-refractivity contribution in [3.05, 3.63) is 30.1 Å². The summed E-state index contributed by atoms with van der Waals surface area (Å²) >= 11 is 2.34. The van der Waals surface area contributed by atoms with Crippen LogP contribution in [0.5, 0.6) is 0 Å². The van der Waals surface area contributed by atoms with Gasteiger partial charge in [0.25, 0.3) is 0 Å². The van der Waals surface area contributed by atoms with Gasteiger partial charge < -0.3 is 5.32 Å². The van der Waals surface area contributed by atoms with Crippen molar-refractivity contribution in [1.82, 2.24) is 10.3 Å². The number of hydrogen-bond donors (Lipinski definition) is 1.